The number of benzene rings is 2. The lowest BCUT2D eigenvalue weighted by Crippen LogP contribution is -2.18. The van der Waals surface area contributed by atoms with Gasteiger partial charge in [-0.25, -0.2) is 8.42 Å². The molecule has 7 nitrogen and oxygen atoms in total. The van der Waals surface area contributed by atoms with E-state index in [9.17, 15) is 26.4 Å². The highest BCUT2D eigenvalue weighted by atomic mass is 35.5. The number of carbonyl (C=O) groups excluding carboxylic acids is 1. The van der Waals surface area contributed by atoms with Gasteiger partial charge in [-0.15, -0.1) is 10.2 Å². The first-order valence-electron chi connectivity index (χ1n) is 8.16. The molecule has 3 aromatic rings. The Hall–Kier alpha value is -3.18. The molecule has 0 spiro atoms. The highest BCUT2D eigenvalue weighted by Crippen LogP contribution is 2.32. The van der Waals surface area contributed by atoms with E-state index in [4.69, 9.17) is 11.6 Å². The zero-order chi connectivity index (χ0) is 21.9. The minimum atomic E-state index is -4.69. The molecule has 1 aromatic heterocycles. The molecule has 0 saturated heterocycles. The topological polar surface area (TPSA) is 101 Å². The first-order chi connectivity index (χ1) is 14.1. The fourth-order valence-corrected chi connectivity index (χ4v) is 3.51. The van der Waals surface area contributed by atoms with Gasteiger partial charge in [-0.1, -0.05) is 23.7 Å². The lowest BCUT2D eigenvalue weighted by molar-refractivity contribution is -0.137. The summed E-state index contributed by atoms with van der Waals surface area (Å²) in [6.45, 7) is 0. The third-order valence-electron chi connectivity index (χ3n) is 3.77. The predicted octanol–water partition coefficient (Wildman–Crippen LogP) is 4.20. The molecule has 2 N–H and O–H groups in total. The summed E-state index contributed by atoms with van der Waals surface area (Å²) < 4.78 is 66.1. The van der Waals surface area contributed by atoms with Crippen molar-refractivity contribution in [2.24, 2.45) is 0 Å². The fourth-order valence-electron chi connectivity index (χ4n) is 2.41. The number of sulfonamides is 1. The number of rotatable bonds is 5. The van der Waals surface area contributed by atoms with E-state index in [0.29, 0.717) is 0 Å². The first-order valence-corrected chi connectivity index (χ1v) is 10.0. The molecule has 30 heavy (non-hydrogen) atoms. The first kappa shape index (κ1) is 21.5. The molecule has 2 aromatic carbocycles. The standard InChI is InChI=1S/C18H12ClF3N4O3S/c19-15-9-10-16(25-24-15)26-30(28,29)12-7-5-11(6-8-12)23-17(27)13-3-1-2-4-14(13)18(20,21)22/h1-10H,(H,23,27)(H,25,26). The third-order valence-corrected chi connectivity index (χ3v) is 5.34. The molecule has 0 aliphatic rings. The lowest BCUT2D eigenvalue weighted by Gasteiger charge is -2.13. The van der Waals surface area contributed by atoms with E-state index in [0.717, 1.165) is 12.1 Å². The van der Waals surface area contributed by atoms with Crippen LogP contribution in [0, 0.1) is 0 Å². The normalized spacial score (nSPS) is 11.7. The van der Waals surface area contributed by atoms with Crippen LogP contribution in [0.2, 0.25) is 5.15 Å². The van der Waals surface area contributed by atoms with E-state index in [-0.39, 0.29) is 21.6 Å². The van der Waals surface area contributed by atoms with Crippen LogP contribution in [0.25, 0.3) is 0 Å². The van der Waals surface area contributed by atoms with Gasteiger partial charge in [0.15, 0.2) is 11.0 Å². The number of nitrogens with zero attached hydrogens (tertiary/aromatic N) is 2. The number of alkyl halides is 3. The van der Waals surface area contributed by atoms with Gasteiger partial charge in [0.1, 0.15) is 0 Å². The minimum absolute atomic E-state index is 0.0551. The molecular formula is C18H12ClF3N4O3S. The van der Waals surface area contributed by atoms with Crippen LogP contribution in [0.4, 0.5) is 24.7 Å². The van der Waals surface area contributed by atoms with E-state index in [1.54, 1.807) is 0 Å². The van der Waals surface area contributed by atoms with Crippen LogP contribution in [-0.4, -0.2) is 24.5 Å². The van der Waals surface area contributed by atoms with E-state index in [1.165, 1.54) is 48.5 Å². The highest BCUT2D eigenvalue weighted by molar-refractivity contribution is 7.92. The van der Waals surface area contributed by atoms with Gasteiger partial charge in [0.2, 0.25) is 0 Å². The summed E-state index contributed by atoms with van der Waals surface area (Å²) in [6.07, 6.45) is -4.69. The van der Waals surface area contributed by atoms with Crippen LogP contribution in [0.3, 0.4) is 0 Å². The number of halogens is 4. The Kier molecular flexibility index (Phi) is 5.94. The van der Waals surface area contributed by atoms with Gasteiger partial charge in [-0.05, 0) is 48.5 Å². The summed E-state index contributed by atoms with van der Waals surface area (Å²) in [7, 11) is -4.01. The minimum Gasteiger partial charge on any atom is -0.322 e. The highest BCUT2D eigenvalue weighted by Gasteiger charge is 2.34. The van der Waals surface area contributed by atoms with Crippen LogP contribution in [0.1, 0.15) is 15.9 Å². The maximum Gasteiger partial charge on any atom is 0.417 e. The van der Waals surface area contributed by atoms with Crippen LogP contribution in [0.15, 0.2) is 65.6 Å². The van der Waals surface area contributed by atoms with Gasteiger partial charge >= 0.3 is 6.18 Å². The Morgan fingerprint density at radius 2 is 1.60 bits per heavy atom. The maximum atomic E-state index is 13.1. The molecule has 0 aliphatic carbocycles. The van der Waals surface area contributed by atoms with Crippen molar-refractivity contribution in [3.05, 3.63) is 76.9 Å². The van der Waals surface area contributed by atoms with Crippen molar-refractivity contribution in [1.29, 1.82) is 0 Å². The smallest absolute Gasteiger partial charge is 0.322 e. The maximum absolute atomic E-state index is 13.1. The van der Waals surface area contributed by atoms with E-state index >= 15 is 0 Å². The lowest BCUT2D eigenvalue weighted by atomic mass is 10.1. The second kappa shape index (κ2) is 8.28. The van der Waals surface area contributed by atoms with Crippen LogP contribution in [0.5, 0.6) is 0 Å². The van der Waals surface area contributed by atoms with Gasteiger partial charge < -0.3 is 5.32 Å². The van der Waals surface area contributed by atoms with Crippen LogP contribution >= 0.6 is 11.6 Å². The van der Waals surface area contributed by atoms with Gasteiger partial charge in [0, 0.05) is 5.69 Å². The van der Waals surface area contributed by atoms with E-state index in [2.05, 4.69) is 20.2 Å². The molecule has 3 rings (SSSR count). The third kappa shape index (κ3) is 5.05. The second-order valence-electron chi connectivity index (χ2n) is 5.87. The summed E-state index contributed by atoms with van der Waals surface area (Å²) in [5.41, 5.74) is -1.51. The summed E-state index contributed by atoms with van der Waals surface area (Å²) in [5.74, 6) is -1.03. The number of hydrogen-bond donors (Lipinski definition) is 2. The van der Waals surface area contributed by atoms with Crippen molar-refractivity contribution in [2.75, 3.05) is 10.0 Å². The Labute approximate surface area is 174 Å². The number of nitrogens with one attached hydrogen (secondary N) is 2. The second-order valence-corrected chi connectivity index (χ2v) is 7.94. The Morgan fingerprint density at radius 1 is 0.933 bits per heavy atom. The average molecular weight is 457 g/mol. The van der Waals surface area contributed by atoms with E-state index in [1.807, 2.05) is 0 Å². The van der Waals surface area contributed by atoms with Crippen molar-refractivity contribution < 1.29 is 26.4 Å². The van der Waals surface area contributed by atoms with Crippen LogP contribution in [-0.2, 0) is 16.2 Å². The number of carbonyl (C=O) groups is 1. The number of amides is 1. The van der Waals surface area contributed by atoms with Crippen molar-refractivity contribution in [1.82, 2.24) is 10.2 Å². The molecule has 0 bridgehead atoms. The SMILES string of the molecule is O=C(Nc1ccc(S(=O)(=O)Nc2ccc(Cl)nn2)cc1)c1ccccc1C(F)(F)F. The van der Waals surface area contributed by atoms with Crippen molar-refractivity contribution in [3.8, 4) is 0 Å². The quantitative estimate of drug-likeness (QED) is 0.599. The van der Waals surface area contributed by atoms with E-state index < -0.39 is 33.2 Å². The molecular weight excluding hydrogens is 445 g/mol. The summed E-state index contributed by atoms with van der Waals surface area (Å²) in [5, 5.41) is 9.51. The molecule has 0 atom stereocenters. The molecule has 0 aliphatic heterocycles. The monoisotopic (exact) mass is 456 g/mol. The molecule has 1 heterocycles. The predicted molar refractivity (Wildman–Crippen MR) is 104 cm³/mol. The van der Waals surface area contributed by atoms with Crippen molar-refractivity contribution >= 4 is 39.0 Å². The Bertz CT molecular complexity index is 1170. The molecule has 156 valence electrons. The van der Waals surface area contributed by atoms with Gasteiger partial charge in [0.25, 0.3) is 15.9 Å². The fraction of sp³-hybridized carbons (Fsp3) is 0.0556. The number of aromatic nitrogens is 2. The molecule has 12 heteroatoms. The summed E-state index contributed by atoms with van der Waals surface area (Å²) >= 11 is 5.59. The van der Waals surface area contributed by atoms with Gasteiger partial charge in [0.05, 0.1) is 16.0 Å². The number of hydrogen-bond acceptors (Lipinski definition) is 5. The molecule has 0 fully saturated rings. The van der Waals surface area contributed by atoms with Crippen LogP contribution < -0.4 is 10.0 Å². The van der Waals surface area contributed by atoms with Crippen molar-refractivity contribution in [3.63, 3.8) is 0 Å². The Morgan fingerprint density at radius 3 is 2.20 bits per heavy atom. The zero-order valence-electron chi connectivity index (χ0n) is 14.8. The Balaban J connectivity index is 1.76. The number of anilines is 2. The average Bonchev–Trinajstić information content (AvgIpc) is 2.69. The molecule has 1 amide bonds. The van der Waals surface area contributed by atoms with Crippen molar-refractivity contribution in [2.45, 2.75) is 11.1 Å². The largest absolute Gasteiger partial charge is 0.417 e. The van der Waals surface area contributed by atoms with Gasteiger partial charge in [-0.2, -0.15) is 13.2 Å². The molecule has 0 saturated carbocycles. The van der Waals surface area contributed by atoms with Gasteiger partial charge in [-0.3, -0.25) is 9.52 Å². The molecule has 0 unspecified atom stereocenters. The molecule has 0 radical (unpaired) electrons. The zero-order valence-corrected chi connectivity index (χ0v) is 16.4. The summed E-state index contributed by atoms with van der Waals surface area (Å²) in [4.78, 5) is 12.1. The summed E-state index contributed by atoms with van der Waals surface area (Å²) in [6, 6.07) is 11.9.